The van der Waals surface area contributed by atoms with Crippen molar-refractivity contribution in [3.63, 3.8) is 0 Å². The van der Waals surface area contributed by atoms with Crippen LogP contribution >= 0.6 is 0 Å². The van der Waals surface area contributed by atoms with Gasteiger partial charge in [0, 0.05) is 32.4 Å². The third kappa shape index (κ3) is 3.06. The molecular weight excluding hydrogens is 204 g/mol. The molecule has 0 atom stereocenters. The lowest BCUT2D eigenvalue weighted by Gasteiger charge is -2.15. The minimum Gasteiger partial charge on any atom is -0.339 e. The highest BCUT2D eigenvalue weighted by molar-refractivity contribution is 5.91. The maximum Gasteiger partial charge on any atom is 0.274 e. The Morgan fingerprint density at radius 1 is 1.62 bits per heavy atom. The number of carbonyl (C=O) groups is 1. The highest BCUT2D eigenvalue weighted by Crippen LogP contribution is 2.05. The van der Waals surface area contributed by atoms with E-state index in [9.17, 15) is 4.79 Å². The monoisotopic (exact) mass is 224 g/mol. The number of nitrogens with zero attached hydrogens (tertiary/aromatic N) is 3. The molecule has 1 N–H and O–H groups in total. The van der Waals surface area contributed by atoms with Crippen LogP contribution in [-0.2, 0) is 0 Å². The van der Waals surface area contributed by atoms with Crippen molar-refractivity contribution in [1.29, 1.82) is 0 Å². The lowest BCUT2D eigenvalue weighted by atomic mass is 10.4. The number of hydrogen-bond acceptors (Lipinski definition) is 3. The number of carbonyl (C=O) groups excluding carboxylic acids is 1. The van der Waals surface area contributed by atoms with Gasteiger partial charge in [-0.3, -0.25) is 9.48 Å². The van der Waals surface area contributed by atoms with Gasteiger partial charge in [-0.1, -0.05) is 0 Å². The standard InChI is InChI=1S/C11H20N4O/c1-9(2)15-7-5-10(13-15)11(16)14(4)8-6-12-3/h5,7,9,12H,6,8H2,1-4H3. The Labute approximate surface area is 96.4 Å². The maximum absolute atomic E-state index is 11.9. The Morgan fingerprint density at radius 2 is 2.31 bits per heavy atom. The van der Waals surface area contributed by atoms with Crippen LogP contribution in [0.25, 0.3) is 0 Å². The third-order valence-electron chi connectivity index (χ3n) is 2.40. The molecule has 0 aliphatic carbocycles. The van der Waals surface area contributed by atoms with Gasteiger partial charge >= 0.3 is 0 Å². The summed E-state index contributed by atoms with van der Waals surface area (Å²) in [5.41, 5.74) is 0.507. The van der Waals surface area contributed by atoms with Gasteiger partial charge in [-0.2, -0.15) is 5.10 Å². The van der Waals surface area contributed by atoms with Gasteiger partial charge in [0.2, 0.25) is 0 Å². The van der Waals surface area contributed by atoms with E-state index in [1.807, 2.05) is 27.1 Å². The molecule has 0 saturated carbocycles. The van der Waals surface area contributed by atoms with Crippen LogP contribution in [0.1, 0.15) is 30.4 Å². The normalized spacial score (nSPS) is 10.8. The third-order valence-corrected chi connectivity index (χ3v) is 2.40. The second-order valence-corrected chi connectivity index (χ2v) is 4.10. The van der Waals surface area contributed by atoms with Crippen molar-refractivity contribution < 1.29 is 4.79 Å². The Bertz CT molecular complexity index is 346. The molecule has 5 heteroatoms. The van der Waals surface area contributed by atoms with Crippen molar-refractivity contribution in [3.05, 3.63) is 18.0 Å². The molecule has 5 nitrogen and oxygen atoms in total. The number of hydrogen-bond donors (Lipinski definition) is 1. The summed E-state index contributed by atoms with van der Waals surface area (Å²) in [6.45, 7) is 5.54. The predicted molar refractivity (Wildman–Crippen MR) is 63.5 cm³/mol. The van der Waals surface area contributed by atoms with E-state index >= 15 is 0 Å². The van der Waals surface area contributed by atoms with Crippen molar-refractivity contribution in [1.82, 2.24) is 20.0 Å². The van der Waals surface area contributed by atoms with E-state index < -0.39 is 0 Å². The summed E-state index contributed by atoms with van der Waals surface area (Å²) < 4.78 is 1.79. The van der Waals surface area contributed by atoms with Crippen LogP contribution in [0.4, 0.5) is 0 Å². The van der Waals surface area contributed by atoms with E-state index in [2.05, 4.69) is 10.4 Å². The molecule has 0 fully saturated rings. The Hall–Kier alpha value is -1.36. The van der Waals surface area contributed by atoms with Crippen molar-refractivity contribution in [2.75, 3.05) is 27.2 Å². The van der Waals surface area contributed by atoms with Crippen molar-refractivity contribution in [3.8, 4) is 0 Å². The van der Waals surface area contributed by atoms with E-state index in [1.165, 1.54) is 0 Å². The summed E-state index contributed by atoms with van der Waals surface area (Å²) in [7, 11) is 3.65. The number of aromatic nitrogens is 2. The van der Waals surface area contributed by atoms with Crippen molar-refractivity contribution in [2.45, 2.75) is 19.9 Å². The largest absolute Gasteiger partial charge is 0.339 e. The summed E-state index contributed by atoms with van der Waals surface area (Å²) >= 11 is 0. The molecular formula is C11H20N4O. The summed E-state index contributed by atoms with van der Waals surface area (Å²) in [5, 5.41) is 7.25. The second kappa shape index (κ2) is 5.65. The zero-order valence-corrected chi connectivity index (χ0v) is 10.4. The summed E-state index contributed by atoms with van der Waals surface area (Å²) in [6, 6.07) is 2.04. The van der Waals surface area contributed by atoms with Gasteiger partial charge in [0.25, 0.3) is 5.91 Å². The first kappa shape index (κ1) is 12.7. The Morgan fingerprint density at radius 3 is 2.81 bits per heavy atom. The van der Waals surface area contributed by atoms with Crippen LogP contribution in [0, 0.1) is 0 Å². The zero-order valence-electron chi connectivity index (χ0n) is 10.4. The van der Waals surface area contributed by atoms with Gasteiger partial charge in [-0.25, -0.2) is 0 Å². The smallest absolute Gasteiger partial charge is 0.274 e. The average Bonchev–Trinajstić information content (AvgIpc) is 2.74. The lowest BCUT2D eigenvalue weighted by Crippen LogP contribution is -2.33. The number of nitrogens with one attached hydrogen (secondary N) is 1. The quantitative estimate of drug-likeness (QED) is 0.803. The first-order valence-electron chi connectivity index (χ1n) is 5.51. The van der Waals surface area contributed by atoms with Crippen LogP contribution in [0.15, 0.2) is 12.3 Å². The first-order chi connectivity index (χ1) is 7.56. The van der Waals surface area contributed by atoms with Crippen LogP contribution in [0.2, 0.25) is 0 Å². The molecule has 0 aliphatic heterocycles. The number of likely N-dealkylation sites (N-methyl/N-ethyl adjacent to an activating group) is 2. The molecule has 0 bridgehead atoms. The maximum atomic E-state index is 11.9. The molecule has 1 aromatic rings. The first-order valence-corrected chi connectivity index (χ1v) is 5.51. The minimum absolute atomic E-state index is 0.0327. The molecule has 0 unspecified atom stereocenters. The molecule has 0 radical (unpaired) electrons. The zero-order chi connectivity index (χ0) is 12.1. The van der Waals surface area contributed by atoms with E-state index in [0.717, 1.165) is 6.54 Å². The Balaban J connectivity index is 2.65. The fourth-order valence-electron chi connectivity index (χ4n) is 1.32. The predicted octanol–water partition coefficient (Wildman–Crippen LogP) is 0.755. The summed E-state index contributed by atoms with van der Waals surface area (Å²) in [6.07, 6.45) is 1.84. The number of amides is 1. The highest BCUT2D eigenvalue weighted by atomic mass is 16.2. The minimum atomic E-state index is -0.0327. The molecule has 16 heavy (non-hydrogen) atoms. The van der Waals surface area contributed by atoms with Crippen molar-refractivity contribution in [2.24, 2.45) is 0 Å². The molecule has 1 aromatic heterocycles. The van der Waals surface area contributed by atoms with E-state index in [4.69, 9.17) is 0 Å². The van der Waals surface area contributed by atoms with Crippen molar-refractivity contribution >= 4 is 5.91 Å². The van der Waals surface area contributed by atoms with Crippen LogP contribution in [0.3, 0.4) is 0 Å². The fraction of sp³-hybridized carbons (Fsp3) is 0.636. The molecule has 1 rings (SSSR count). The lowest BCUT2D eigenvalue weighted by molar-refractivity contribution is 0.0790. The summed E-state index contributed by atoms with van der Waals surface area (Å²) in [5.74, 6) is -0.0327. The van der Waals surface area contributed by atoms with Gasteiger partial charge < -0.3 is 10.2 Å². The molecule has 90 valence electrons. The highest BCUT2D eigenvalue weighted by Gasteiger charge is 2.14. The van der Waals surface area contributed by atoms with Gasteiger partial charge in [0.1, 0.15) is 5.69 Å². The van der Waals surface area contributed by atoms with E-state index in [1.54, 1.807) is 22.7 Å². The van der Waals surface area contributed by atoms with Crippen LogP contribution in [-0.4, -0.2) is 47.8 Å². The molecule has 0 aliphatic rings. The van der Waals surface area contributed by atoms with Gasteiger partial charge in [0.15, 0.2) is 0 Å². The van der Waals surface area contributed by atoms with Gasteiger partial charge in [-0.15, -0.1) is 0 Å². The topological polar surface area (TPSA) is 50.2 Å². The average molecular weight is 224 g/mol. The van der Waals surface area contributed by atoms with E-state index in [0.29, 0.717) is 12.2 Å². The molecule has 0 aromatic carbocycles. The summed E-state index contributed by atoms with van der Waals surface area (Å²) in [4.78, 5) is 13.6. The van der Waals surface area contributed by atoms with Gasteiger partial charge in [-0.05, 0) is 27.0 Å². The molecule has 1 heterocycles. The molecule has 0 spiro atoms. The fourth-order valence-corrected chi connectivity index (χ4v) is 1.32. The Kier molecular flexibility index (Phi) is 4.49. The second-order valence-electron chi connectivity index (χ2n) is 4.10. The molecule has 0 saturated heterocycles. The number of rotatable bonds is 5. The molecule has 1 amide bonds. The van der Waals surface area contributed by atoms with Crippen LogP contribution < -0.4 is 5.32 Å². The van der Waals surface area contributed by atoms with Crippen LogP contribution in [0.5, 0.6) is 0 Å². The SMILES string of the molecule is CNCCN(C)C(=O)c1ccn(C(C)C)n1. The van der Waals surface area contributed by atoms with Gasteiger partial charge in [0.05, 0.1) is 0 Å². The van der Waals surface area contributed by atoms with E-state index in [-0.39, 0.29) is 11.9 Å².